The summed E-state index contributed by atoms with van der Waals surface area (Å²) in [6.07, 6.45) is 7.17. The number of hydrogen-bond acceptors (Lipinski definition) is 2. The lowest BCUT2D eigenvalue weighted by atomic mass is 9.84. The molecule has 2 aliphatic rings. The highest BCUT2D eigenvalue weighted by atomic mass is 79.9. The number of nitrogens with one attached hydrogen (secondary N) is 1. The molecule has 3 heteroatoms. The Labute approximate surface area is 103 Å². The standard InChI is InChI=1S/C12H16BrNS/c13-10-6-9-7-14-11(12(9)15-10)8-4-2-1-3-5-8/h6,8,11,14H,1-5,7H2. The SMILES string of the molecule is Brc1cc2c(s1)C(C1CCCCC1)NC2. The van der Waals surface area contributed by atoms with E-state index in [4.69, 9.17) is 0 Å². The van der Waals surface area contributed by atoms with Crippen molar-refractivity contribution in [2.45, 2.75) is 44.7 Å². The molecule has 1 nitrogen and oxygen atoms in total. The smallest absolute Gasteiger partial charge is 0.0705 e. The van der Waals surface area contributed by atoms with Crippen LogP contribution in [0.3, 0.4) is 0 Å². The molecule has 0 spiro atoms. The average Bonchev–Trinajstić information content (AvgIpc) is 2.77. The van der Waals surface area contributed by atoms with Crippen molar-refractivity contribution in [1.29, 1.82) is 0 Å². The van der Waals surface area contributed by atoms with Crippen LogP contribution in [0.1, 0.15) is 48.6 Å². The second-order valence-corrected chi connectivity index (χ2v) is 7.16. The third-order valence-electron chi connectivity index (χ3n) is 3.73. The van der Waals surface area contributed by atoms with Gasteiger partial charge in [-0.2, -0.15) is 0 Å². The predicted octanol–water partition coefficient (Wildman–Crippen LogP) is 4.24. The molecule has 82 valence electrons. The first-order valence-electron chi connectivity index (χ1n) is 5.86. The molecule has 15 heavy (non-hydrogen) atoms. The van der Waals surface area contributed by atoms with Gasteiger partial charge in [0, 0.05) is 17.5 Å². The van der Waals surface area contributed by atoms with Crippen molar-refractivity contribution in [2.75, 3.05) is 0 Å². The molecule has 0 bridgehead atoms. The molecule has 1 atom stereocenters. The van der Waals surface area contributed by atoms with E-state index in [0.29, 0.717) is 6.04 Å². The van der Waals surface area contributed by atoms with E-state index in [1.54, 1.807) is 4.88 Å². The summed E-state index contributed by atoms with van der Waals surface area (Å²) in [6.45, 7) is 1.08. The van der Waals surface area contributed by atoms with Crippen LogP contribution in [0.5, 0.6) is 0 Å². The van der Waals surface area contributed by atoms with E-state index in [2.05, 4.69) is 27.3 Å². The van der Waals surface area contributed by atoms with Gasteiger partial charge in [0.05, 0.1) is 3.79 Å². The molecule has 2 heterocycles. The quantitative estimate of drug-likeness (QED) is 0.814. The van der Waals surface area contributed by atoms with Gasteiger partial charge < -0.3 is 5.32 Å². The fourth-order valence-corrected chi connectivity index (χ4v) is 4.85. The number of fused-ring (bicyclic) bond motifs is 1. The zero-order valence-corrected chi connectivity index (χ0v) is 11.2. The van der Waals surface area contributed by atoms with Gasteiger partial charge >= 0.3 is 0 Å². The first kappa shape index (κ1) is 10.3. The molecule has 0 aromatic carbocycles. The summed E-state index contributed by atoms with van der Waals surface area (Å²) in [4.78, 5) is 1.61. The van der Waals surface area contributed by atoms with Gasteiger partial charge in [-0.25, -0.2) is 0 Å². The number of hydrogen-bond donors (Lipinski definition) is 1. The summed E-state index contributed by atoms with van der Waals surface area (Å²) in [5.41, 5.74) is 1.53. The maximum absolute atomic E-state index is 3.69. The minimum Gasteiger partial charge on any atom is -0.305 e. The van der Waals surface area contributed by atoms with E-state index >= 15 is 0 Å². The van der Waals surface area contributed by atoms with E-state index in [-0.39, 0.29) is 0 Å². The van der Waals surface area contributed by atoms with Crippen LogP contribution in [-0.4, -0.2) is 0 Å². The summed E-state index contributed by atoms with van der Waals surface area (Å²) in [6, 6.07) is 2.95. The van der Waals surface area contributed by atoms with Crippen LogP contribution in [0, 0.1) is 5.92 Å². The molecule has 1 aromatic heterocycles. The number of rotatable bonds is 1. The van der Waals surface area contributed by atoms with Gasteiger partial charge in [0.1, 0.15) is 0 Å². The molecule has 1 aromatic rings. The van der Waals surface area contributed by atoms with Gasteiger partial charge in [-0.1, -0.05) is 19.3 Å². The van der Waals surface area contributed by atoms with Crippen molar-refractivity contribution in [1.82, 2.24) is 5.32 Å². The molecule has 1 aliphatic carbocycles. The highest BCUT2D eigenvalue weighted by Crippen LogP contribution is 2.43. The Hall–Kier alpha value is 0.140. The van der Waals surface area contributed by atoms with E-state index in [1.165, 1.54) is 41.5 Å². The molecule has 0 radical (unpaired) electrons. The van der Waals surface area contributed by atoms with Crippen LogP contribution < -0.4 is 5.32 Å². The molecule has 1 aliphatic heterocycles. The Kier molecular flexibility index (Phi) is 2.88. The van der Waals surface area contributed by atoms with E-state index < -0.39 is 0 Å². The molecule has 0 amide bonds. The van der Waals surface area contributed by atoms with Crippen molar-refractivity contribution in [3.05, 3.63) is 20.3 Å². The van der Waals surface area contributed by atoms with Crippen LogP contribution >= 0.6 is 27.3 Å². The minimum atomic E-state index is 0.664. The minimum absolute atomic E-state index is 0.664. The first-order chi connectivity index (χ1) is 7.34. The monoisotopic (exact) mass is 285 g/mol. The Morgan fingerprint density at radius 1 is 1.27 bits per heavy atom. The summed E-state index contributed by atoms with van der Waals surface area (Å²) in [5, 5.41) is 3.69. The second-order valence-electron chi connectivity index (χ2n) is 4.70. The van der Waals surface area contributed by atoms with Crippen molar-refractivity contribution in [3.8, 4) is 0 Å². The lowest BCUT2D eigenvalue weighted by Crippen LogP contribution is -2.23. The van der Waals surface area contributed by atoms with Gasteiger partial charge in [0.15, 0.2) is 0 Å². The maximum atomic E-state index is 3.69. The zero-order chi connectivity index (χ0) is 10.3. The van der Waals surface area contributed by atoms with Crippen molar-refractivity contribution < 1.29 is 0 Å². The Morgan fingerprint density at radius 3 is 2.87 bits per heavy atom. The number of thiophene rings is 1. The van der Waals surface area contributed by atoms with Crippen LogP contribution in [0.4, 0.5) is 0 Å². The van der Waals surface area contributed by atoms with Gasteiger partial charge in [0.2, 0.25) is 0 Å². The molecule has 1 saturated carbocycles. The van der Waals surface area contributed by atoms with Crippen molar-refractivity contribution >= 4 is 27.3 Å². The Morgan fingerprint density at radius 2 is 2.07 bits per heavy atom. The lowest BCUT2D eigenvalue weighted by molar-refractivity contribution is 0.284. The molecule has 1 unspecified atom stereocenters. The topological polar surface area (TPSA) is 12.0 Å². The zero-order valence-electron chi connectivity index (χ0n) is 8.76. The molecule has 3 rings (SSSR count). The normalized spacial score (nSPS) is 26.9. The maximum Gasteiger partial charge on any atom is 0.0705 e. The number of halogens is 1. The summed E-state index contributed by atoms with van der Waals surface area (Å²) >= 11 is 5.53. The molecule has 0 saturated heterocycles. The third-order valence-corrected chi connectivity index (χ3v) is 5.49. The summed E-state index contributed by atoms with van der Waals surface area (Å²) in [5.74, 6) is 0.894. The van der Waals surface area contributed by atoms with Crippen LogP contribution in [0.15, 0.2) is 9.85 Å². The van der Waals surface area contributed by atoms with Gasteiger partial charge in [-0.3, -0.25) is 0 Å². The van der Waals surface area contributed by atoms with Crippen molar-refractivity contribution in [2.24, 2.45) is 5.92 Å². The molecule has 1 N–H and O–H groups in total. The van der Waals surface area contributed by atoms with Gasteiger partial charge in [-0.15, -0.1) is 11.3 Å². The highest BCUT2D eigenvalue weighted by molar-refractivity contribution is 9.11. The first-order valence-corrected chi connectivity index (χ1v) is 7.47. The largest absolute Gasteiger partial charge is 0.305 e. The summed E-state index contributed by atoms with van der Waals surface area (Å²) < 4.78 is 1.30. The van der Waals surface area contributed by atoms with Gasteiger partial charge in [0.25, 0.3) is 0 Å². The molecule has 1 fully saturated rings. The Balaban J connectivity index is 1.82. The summed E-state index contributed by atoms with van der Waals surface area (Å²) in [7, 11) is 0. The third kappa shape index (κ3) is 1.90. The van der Waals surface area contributed by atoms with E-state index in [9.17, 15) is 0 Å². The van der Waals surface area contributed by atoms with E-state index in [1.807, 2.05) is 11.3 Å². The molecular formula is C12H16BrNS. The second kappa shape index (κ2) is 4.19. The fourth-order valence-electron chi connectivity index (χ4n) is 2.97. The highest BCUT2D eigenvalue weighted by Gasteiger charge is 2.31. The lowest BCUT2D eigenvalue weighted by Gasteiger charge is -2.27. The van der Waals surface area contributed by atoms with Crippen molar-refractivity contribution in [3.63, 3.8) is 0 Å². The predicted molar refractivity (Wildman–Crippen MR) is 68.2 cm³/mol. The Bertz CT molecular complexity index is 355. The van der Waals surface area contributed by atoms with Crippen LogP contribution in [0.25, 0.3) is 0 Å². The molecular weight excluding hydrogens is 270 g/mol. The average molecular weight is 286 g/mol. The van der Waals surface area contributed by atoms with Crippen LogP contribution in [0.2, 0.25) is 0 Å². The fraction of sp³-hybridized carbons (Fsp3) is 0.667. The van der Waals surface area contributed by atoms with Gasteiger partial charge in [-0.05, 0) is 46.3 Å². The van der Waals surface area contributed by atoms with Crippen LogP contribution in [-0.2, 0) is 6.54 Å². The van der Waals surface area contributed by atoms with E-state index in [0.717, 1.165) is 12.5 Å².